The highest BCUT2D eigenvalue weighted by Crippen LogP contribution is 2.49. The normalized spacial score (nSPS) is 13.1. The van der Waals surface area contributed by atoms with Gasteiger partial charge in [-0.15, -0.1) is 10.2 Å². The highest BCUT2D eigenvalue weighted by atomic mass is 15.2. The van der Waals surface area contributed by atoms with Gasteiger partial charge >= 0.3 is 0 Å². The molecule has 3 nitrogen and oxygen atoms in total. The van der Waals surface area contributed by atoms with Crippen LogP contribution < -0.4 is 4.90 Å². The van der Waals surface area contributed by atoms with Crippen molar-refractivity contribution in [2.24, 2.45) is 10.2 Å². The molecule has 0 N–H and O–H groups in total. The van der Waals surface area contributed by atoms with Crippen molar-refractivity contribution >= 4 is 28.4 Å². The number of rotatable bonds is 1. The number of para-hydroxylation sites is 1. The molecule has 0 aliphatic carbocycles. The van der Waals surface area contributed by atoms with Crippen molar-refractivity contribution in [3.05, 3.63) is 76.9 Å². The highest BCUT2D eigenvalue weighted by molar-refractivity contribution is 5.91. The van der Waals surface area contributed by atoms with Gasteiger partial charge in [0.15, 0.2) is 0 Å². The number of benzene rings is 3. The first-order valence-electron chi connectivity index (χ1n) is 9.79. The summed E-state index contributed by atoms with van der Waals surface area (Å²) >= 11 is 0. The fraction of sp³-hybridized carbons (Fsp3) is 0.280. The Hall–Kier alpha value is -2.94. The van der Waals surface area contributed by atoms with Crippen LogP contribution >= 0.6 is 0 Å². The number of nitrogens with zero attached hydrogens (tertiary/aromatic N) is 3. The van der Waals surface area contributed by atoms with Crippen LogP contribution in [0.1, 0.15) is 43.0 Å². The zero-order valence-corrected chi connectivity index (χ0v) is 17.5. The number of hydrogen-bond donors (Lipinski definition) is 0. The van der Waals surface area contributed by atoms with E-state index in [0.29, 0.717) is 0 Å². The summed E-state index contributed by atoms with van der Waals surface area (Å²) in [4.78, 5) is 2.32. The van der Waals surface area contributed by atoms with Crippen LogP contribution in [0.5, 0.6) is 0 Å². The third-order valence-electron chi connectivity index (χ3n) is 5.34. The van der Waals surface area contributed by atoms with E-state index in [0.717, 1.165) is 22.7 Å². The van der Waals surface area contributed by atoms with Crippen molar-refractivity contribution in [2.75, 3.05) is 4.90 Å². The molecule has 0 fully saturated rings. The molecule has 1 heterocycles. The van der Waals surface area contributed by atoms with E-state index in [1.54, 1.807) is 0 Å². The molecule has 0 saturated carbocycles. The summed E-state index contributed by atoms with van der Waals surface area (Å²) < 4.78 is 0. The first kappa shape index (κ1) is 18.4. The topological polar surface area (TPSA) is 28.0 Å². The van der Waals surface area contributed by atoms with Gasteiger partial charge < -0.3 is 4.90 Å². The lowest BCUT2D eigenvalue weighted by molar-refractivity contribution is 0.589. The predicted molar refractivity (Wildman–Crippen MR) is 118 cm³/mol. The summed E-state index contributed by atoms with van der Waals surface area (Å²) in [6.45, 7) is 13.3. The van der Waals surface area contributed by atoms with Gasteiger partial charge in [0, 0.05) is 0 Å². The van der Waals surface area contributed by atoms with E-state index in [2.05, 4.69) is 99.1 Å². The smallest absolute Gasteiger partial charge is 0.110 e. The maximum Gasteiger partial charge on any atom is 0.110 e. The van der Waals surface area contributed by atoms with Crippen LogP contribution in [0.3, 0.4) is 0 Å². The van der Waals surface area contributed by atoms with Crippen LogP contribution in [-0.4, -0.2) is 0 Å². The Bertz CT molecular complexity index is 1060. The van der Waals surface area contributed by atoms with Gasteiger partial charge in [0.1, 0.15) is 11.4 Å². The second-order valence-electron chi connectivity index (χ2n) is 8.72. The Morgan fingerprint density at radius 2 is 1.32 bits per heavy atom. The van der Waals surface area contributed by atoms with Crippen molar-refractivity contribution in [1.82, 2.24) is 0 Å². The molecule has 0 radical (unpaired) electrons. The van der Waals surface area contributed by atoms with Gasteiger partial charge in [-0.25, -0.2) is 0 Å². The summed E-state index contributed by atoms with van der Waals surface area (Å²) in [5.41, 5.74) is 10.3. The average molecular weight is 370 g/mol. The molecule has 0 aromatic heterocycles. The molecule has 3 aromatic carbocycles. The molecular formula is C25H27N3. The van der Waals surface area contributed by atoms with Gasteiger partial charge in [0.2, 0.25) is 0 Å². The van der Waals surface area contributed by atoms with Crippen molar-refractivity contribution in [1.29, 1.82) is 0 Å². The molecule has 1 aliphatic rings. The summed E-state index contributed by atoms with van der Waals surface area (Å²) in [6, 6.07) is 19.3. The van der Waals surface area contributed by atoms with E-state index < -0.39 is 0 Å². The lowest BCUT2D eigenvalue weighted by Gasteiger charge is -2.31. The maximum atomic E-state index is 4.56. The van der Waals surface area contributed by atoms with Gasteiger partial charge in [0.05, 0.1) is 17.1 Å². The Balaban J connectivity index is 2.01. The Morgan fingerprint density at radius 3 is 2.00 bits per heavy atom. The first-order valence-corrected chi connectivity index (χ1v) is 9.79. The van der Waals surface area contributed by atoms with Gasteiger partial charge in [-0.3, -0.25) is 0 Å². The van der Waals surface area contributed by atoms with Crippen LogP contribution in [0.25, 0.3) is 0 Å². The van der Waals surface area contributed by atoms with E-state index in [9.17, 15) is 0 Å². The van der Waals surface area contributed by atoms with E-state index in [-0.39, 0.29) is 5.41 Å². The SMILES string of the molecule is Cc1ccc2c(c1)N=Nc1ccccc1N2c1c(C)cc(C(C)(C)C)cc1C. The third-order valence-corrected chi connectivity index (χ3v) is 5.34. The Morgan fingerprint density at radius 1 is 0.714 bits per heavy atom. The molecule has 3 aromatic rings. The van der Waals surface area contributed by atoms with Gasteiger partial charge in [-0.1, -0.05) is 51.1 Å². The lowest BCUT2D eigenvalue weighted by atomic mass is 9.84. The minimum absolute atomic E-state index is 0.116. The molecule has 4 rings (SSSR count). The molecule has 0 bridgehead atoms. The zero-order chi connectivity index (χ0) is 20.1. The van der Waals surface area contributed by atoms with Crippen LogP contribution in [0.15, 0.2) is 64.8 Å². The van der Waals surface area contributed by atoms with Crippen LogP contribution in [0.4, 0.5) is 28.4 Å². The molecular weight excluding hydrogens is 342 g/mol. The summed E-state index contributed by atoms with van der Waals surface area (Å²) in [5, 5.41) is 9.11. The Labute approximate surface area is 167 Å². The van der Waals surface area contributed by atoms with Crippen molar-refractivity contribution in [3.8, 4) is 0 Å². The second kappa shape index (κ2) is 6.59. The van der Waals surface area contributed by atoms with Crippen LogP contribution in [-0.2, 0) is 5.41 Å². The van der Waals surface area contributed by atoms with E-state index in [4.69, 9.17) is 0 Å². The van der Waals surface area contributed by atoms with Crippen LogP contribution in [0, 0.1) is 20.8 Å². The molecule has 0 unspecified atom stereocenters. The largest absolute Gasteiger partial charge is 0.305 e. The van der Waals surface area contributed by atoms with E-state index >= 15 is 0 Å². The standard InChI is InChI=1S/C25H27N3/c1-16-11-12-23-21(13-16)27-26-20-9-7-8-10-22(20)28(23)24-17(2)14-19(15-18(24)3)25(4,5)6/h7-15H,1-6H3. The average Bonchev–Trinajstić information content (AvgIpc) is 2.78. The summed E-state index contributed by atoms with van der Waals surface area (Å²) in [6.07, 6.45) is 0. The molecule has 0 atom stereocenters. The predicted octanol–water partition coefficient (Wildman–Crippen LogP) is 8.11. The van der Waals surface area contributed by atoms with Crippen molar-refractivity contribution in [3.63, 3.8) is 0 Å². The monoisotopic (exact) mass is 369 g/mol. The second-order valence-corrected chi connectivity index (χ2v) is 8.72. The molecule has 1 aliphatic heterocycles. The molecule has 0 saturated heterocycles. The van der Waals surface area contributed by atoms with E-state index in [1.165, 1.54) is 27.9 Å². The lowest BCUT2D eigenvalue weighted by Crippen LogP contribution is -2.16. The minimum atomic E-state index is 0.116. The van der Waals surface area contributed by atoms with Crippen molar-refractivity contribution in [2.45, 2.75) is 47.0 Å². The van der Waals surface area contributed by atoms with Gasteiger partial charge in [0.25, 0.3) is 0 Å². The van der Waals surface area contributed by atoms with Gasteiger partial charge in [-0.2, -0.15) is 0 Å². The molecule has 0 spiro atoms. The highest BCUT2D eigenvalue weighted by Gasteiger charge is 2.25. The quantitative estimate of drug-likeness (QED) is 0.333. The first-order chi connectivity index (χ1) is 13.3. The number of anilines is 3. The Kier molecular flexibility index (Phi) is 4.34. The van der Waals surface area contributed by atoms with E-state index in [1.807, 2.05) is 12.1 Å². The fourth-order valence-corrected chi connectivity index (χ4v) is 3.86. The molecule has 0 amide bonds. The minimum Gasteiger partial charge on any atom is -0.305 e. The molecule has 28 heavy (non-hydrogen) atoms. The number of azo groups is 1. The summed E-state index contributed by atoms with van der Waals surface area (Å²) in [5.74, 6) is 0. The third kappa shape index (κ3) is 3.11. The maximum absolute atomic E-state index is 4.56. The fourth-order valence-electron chi connectivity index (χ4n) is 3.86. The number of fused-ring (bicyclic) bond motifs is 2. The molecule has 142 valence electrons. The molecule has 3 heteroatoms. The number of aryl methyl sites for hydroxylation is 3. The zero-order valence-electron chi connectivity index (χ0n) is 17.5. The number of hydrogen-bond acceptors (Lipinski definition) is 3. The van der Waals surface area contributed by atoms with Crippen molar-refractivity contribution < 1.29 is 0 Å². The summed E-state index contributed by atoms with van der Waals surface area (Å²) in [7, 11) is 0. The van der Waals surface area contributed by atoms with Crippen LogP contribution in [0.2, 0.25) is 0 Å². The van der Waals surface area contributed by atoms with Gasteiger partial charge in [-0.05, 0) is 72.7 Å².